The predicted octanol–water partition coefficient (Wildman–Crippen LogP) is 8.85. The minimum absolute atomic E-state index is 0.889. The Kier molecular flexibility index (Phi) is 4.11. The van der Waals surface area contributed by atoms with Crippen molar-refractivity contribution >= 4 is 43.6 Å². The number of pyridine rings is 1. The summed E-state index contributed by atoms with van der Waals surface area (Å²) in [7, 11) is 0. The summed E-state index contributed by atoms with van der Waals surface area (Å²) in [6.07, 6.45) is 2.87. The second-order valence-corrected chi connectivity index (χ2v) is 10.4. The Morgan fingerprint density at radius 2 is 1.10 bits per heavy atom. The first-order valence-corrected chi connectivity index (χ1v) is 13.5. The van der Waals surface area contributed by atoms with Gasteiger partial charge in [0.05, 0.1) is 22.1 Å². The average molecular weight is 498 g/mol. The van der Waals surface area contributed by atoms with E-state index in [9.17, 15) is 0 Å². The topological polar surface area (TPSA) is 22.8 Å². The van der Waals surface area contributed by atoms with Crippen LogP contribution >= 0.6 is 0 Å². The van der Waals surface area contributed by atoms with Gasteiger partial charge in [0.1, 0.15) is 5.82 Å². The highest BCUT2D eigenvalue weighted by Crippen LogP contribution is 2.44. The molecule has 3 heterocycles. The van der Waals surface area contributed by atoms with Crippen LogP contribution < -0.4 is 0 Å². The summed E-state index contributed by atoms with van der Waals surface area (Å²) in [5.41, 5.74) is 11.2. The Hall–Kier alpha value is -5.15. The summed E-state index contributed by atoms with van der Waals surface area (Å²) in [4.78, 5) is 5.09. The molecule has 1 aliphatic rings. The molecule has 3 heteroatoms. The molecule has 0 unspecified atom stereocenters. The van der Waals surface area contributed by atoms with Crippen molar-refractivity contribution in [2.75, 3.05) is 0 Å². The zero-order chi connectivity index (χ0) is 25.5. The first kappa shape index (κ1) is 20.9. The van der Waals surface area contributed by atoms with Gasteiger partial charge in [0.2, 0.25) is 0 Å². The second kappa shape index (κ2) is 7.68. The van der Waals surface area contributed by atoms with E-state index in [1.165, 1.54) is 65.9 Å². The standard InChI is InChI=1S/C36H23N3/c1-2-11-24(12-3-1)38-32-16-8-6-14-27(32)29-18-19-30-28-15-7-9-17-33(28)39(35(30)34(29)38)36-31-22-23-10-4-5-13-25(23)26(31)20-21-37-36/h1-21H,22H2. The minimum atomic E-state index is 0.889. The highest BCUT2D eigenvalue weighted by atomic mass is 15.1. The lowest BCUT2D eigenvalue weighted by atomic mass is 10.1. The van der Waals surface area contributed by atoms with Gasteiger partial charge in [0, 0.05) is 45.4 Å². The maximum atomic E-state index is 5.09. The van der Waals surface area contributed by atoms with Crippen LogP contribution in [-0.2, 0) is 6.42 Å². The third kappa shape index (κ3) is 2.74. The van der Waals surface area contributed by atoms with E-state index < -0.39 is 0 Å². The van der Waals surface area contributed by atoms with Crippen molar-refractivity contribution in [1.82, 2.24) is 14.1 Å². The molecule has 3 nitrogen and oxygen atoms in total. The van der Waals surface area contributed by atoms with E-state index in [1.807, 2.05) is 6.20 Å². The summed E-state index contributed by atoms with van der Waals surface area (Å²) < 4.78 is 4.86. The minimum Gasteiger partial charge on any atom is -0.307 e. The summed E-state index contributed by atoms with van der Waals surface area (Å²) in [5.74, 6) is 1.02. The lowest BCUT2D eigenvalue weighted by Gasteiger charge is -2.14. The molecule has 0 radical (unpaired) electrons. The fourth-order valence-corrected chi connectivity index (χ4v) is 6.79. The summed E-state index contributed by atoms with van der Waals surface area (Å²) in [6.45, 7) is 0. The Labute approximate surface area is 225 Å². The molecule has 0 saturated carbocycles. The second-order valence-electron chi connectivity index (χ2n) is 10.4. The van der Waals surface area contributed by atoms with Crippen molar-refractivity contribution in [2.24, 2.45) is 0 Å². The number of aromatic nitrogens is 3. The highest BCUT2D eigenvalue weighted by Gasteiger charge is 2.26. The van der Waals surface area contributed by atoms with E-state index in [0.717, 1.165) is 17.9 Å². The quantitative estimate of drug-likeness (QED) is 0.234. The van der Waals surface area contributed by atoms with E-state index in [0.29, 0.717) is 0 Å². The summed E-state index contributed by atoms with van der Waals surface area (Å²) in [6, 6.07) is 43.8. The zero-order valence-corrected chi connectivity index (χ0v) is 21.2. The zero-order valence-electron chi connectivity index (χ0n) is 21.2. The van der Waals surface area contributed by atoms with Crippen LogP contribution in [-0.4, -0.2) is 14.1 Å². The van der Waals surface area contributed by atoms with Gasteiger partial charge in [0.15, 0.2) is 0 Å². The maximum Gasteiger partial charge on any atom is 0.141 e. The number of fused-ring (bicyclic) bond motifs is 10. The van der Waals surface area contributed by atoms with Crippen LogP contribution in [0.25, 0.3) is 66.2 Å². The molecule has 0 fully saturated rings. The smallest absolute Gasteiger partial charge is 0.141 e. The summed E-state index contributed by atoms with van der Waals surface area (Å²) >= 11 is 0. The van der Waals surface area contributed by atoms with Gasteiger partial charge in [-0.3, -0.25) is 4.57 Å². The lowest BCUT2D eigenvalue weighted by molar-refractivity contribution is 1.04. The fourth-order valence-electron chi connectivity index (χ4n) is 6.79. The van der Waals surface area contributed by atoms with Crippen LogP contribution in [0.5, 0.6) is 0 Å². The van der Waals surface area contributed by atoms with Gasteiger partial charge in [0.25, 0.3) is 0 Å². The van der Waals surface area contributed by atoms with Crippen LogP contribution in [0, 0.1) is 0 Å². The monoisotopic (exact) mass is 497 g/mol. The molecule has 0 amide bonds. The normalized spacial score (nSPS) is 12.5. The van der Waals surface area contributed by atoms with Crippen LogP contribution in [0.15, 0.2) is 128 Å². The Bertz CT molecular complexity index is 2250. The molecule has 0 N–H and O–H groups in total. The third-order valence-electron chi connectivity index (χ3n) is 8.40. The van der Waals surface area contributed by atoms with E-state index in [1.54, 1.807) is 0 Å². The molecule has 0 spiro atoms. The lowest BCUT2D eigenvalue weighted by Crippen LogP contribution is -2.03. The van der Waals surface area contributed by atoms with Crippen LogP contribution in [0.3, 0.4) is 0 Å². The van der Waals surface area contributed by atoms with E-state index in [4.69, 9.17) is 4.98 Å². The molecule has 8 aromatic rings. The summed E-state index contributed by atoms with van der Waals surface area (Å²) in [5, 5.41) is 5.00. The van der Waals surface area contributed by atoms with Crippen molar-refractivity contribution in [3.63, 3.8) is 0 Å². The first-order chi connectivity index (χ1) is 19.4. The van der Waals surface area contributed by atoms with Crippen LogP contribution in [0.1, 0.15) is 11.1 Å². The van der Waals surface area contributed by atoms with Gasteiger partial charge >= 0.3 is 0 Å². The largest absolute Gasteiger partial charge is 0.307 e. The Morgan fingerprint density at radius 3 is 1.87 bits per heavy atom. The van der Waals surface area contributed by atoms with E-state index in [2.05, 4.69) is 130 Å². The van der Waals surface area contributed by atoms with E-state index >= 15 is 0 Å². The molecule has 0 atom stereocenters. The van der Waals surface area contributed by atoms with Crippen LogP contribution in [0.2, 0.25) is 0 Å². The van der Waals surface area contributed by atoms with Gasteiger partial charge in [-0.2, -0.15) is 0 Å². The fraction of sp³-hybridized carbons (Fsp3) is 0.0278. The number of nitrogens with zero attached hydrogens (tertiary/aromatic N) is 3. The molecule has 182 valence electrons. The van der Waals surface area contributed by atoms with Gasteiger partial charge < -0.3 is 4.57 Å². The van der Waals surface area contributed by atoms with Crippen molar-refractivity contribution in [3.05, 3.63) is 139 Å². The average Bonchev–Trinajstić information content (AvgIpc) is 3.65. The number of benzene rings is 5. The predicted molar refractivity (Wildman–Crippen MR) is 161 cm³/mol. The van der Waals surface area contributed by atoms with Crippen molar-refractivity contribution < 1.29 is 0 Å². The molecular formula is C36H23N3. The number of para-hydroxylation sites is 3. The van der Waals surface area contributed by atoms with Crippen molar-refractivity contribution in [3.8, 4) is 22.6 Å². The molecule has 1 aliphatic carbocycles. The van der Waals surface area contributed by atoms with Gasteiger partial charge in [-0.25, -0.2) is 4.98 Å². The first-order valence-electron chi connectivity index (χ1n) is 13.5. The molecule has 0 aliphatic heterocycles. The SMILES string of the molecule is c1ccc(-n2c3ccccc3c3ccc4c5ccccc5n(-c5nccc6c5Cc5ccccc5-6)c4c32)cc1. The molecular weight excluding hydrogens is 474 g/mol. The maximum absolute atomic E-state index is 5.09. The van der Waals surface area contributed by atoms with Crippen molar-refractivity contribution in [2.45, 2.75) is 6.42 Å². The molecule has 5 aromatic carbocycles. The van der Waals surface area contributed by atoms with Gasteiger partial charge in [-0.05, 0) is 47.0 Å². The molecule has 39 heavy (non-hydrogen) atoms. The Morgan fingerprint density at radius 1 is 0.487 bits per heavy atom. The van der Waals surface area contributed by atoms with Crippen molar-refractivity contribution in [1.29, 1.82) is 0 Å². The third-order valence-corrected chi connectivity index (χ3v) is 8.40. The molecule has 3 aromatic heterocycles. The number of rotatable bonds is 2. The van der Waals surface area contributed by atoms with E-state index in [-0.39, 0.29) is 0 Å². The number of hydrogen-bond acceptors (Lipinski definition) is 1. The van der Waals surface area contributed by atoms with Gasteiger partial charge in [-0.15, -0.1) is 0 Å². The highest BCUT2D eigenvalue weighted by molar-refractivity contribution is 6.23. The number of hydrogen-bond donors (Lipinski definition) is 0. The van der Waals surface area contributed by atoms with Gasteiger partial charge in [-0.1, -0.05) is 91.0 Å². The Balaban J connectivity index is 1.51. The van der Waals surface area contributed by atoms with Crippen LogP contribution in [0.4, 0.5) is 0 Å². The molecule has 0 saturated heterocycles. The molecule has 9 rings (SSSR count). The molecule has 0 bridgehead atoms.